The van der Waals surface area contributed by atoms with Gasteiger partial charge >= 0.3 is 0 Å². The molecule has 0 bridgehead atoms. The number of aromatic nitrogens is 1. The predicted molar refractivity (Wildman–Crippen MR) is 117 cm³/mol. The molecule has 0 fully saturated rings. The van der Waals surface area contributed by atoms with Crippen LogP contribution in [-0.4, -0.2) is 4.98 Å². The second-order valence-electron chi connectivity index (χ2n) is 5.69. The SMILES string of the molecule is C=C(/C=C\C)/C=C\C(=C/C(=C)/C=C\C)c1nccc(=C)ccccc1=C. The maximum absolute atomic E-state index is 4.61. The molecule has 0 atom stereocenters. The van der Waals surface area contributed by atoms with Crippen molar-refractivity contribution in [2.24, 2.45) is 0 Å². The highest BCUT2D eigenvalue weighted by Gasteiger charge is 2.00. The molecular formula is C25H27N. The first-order valence-electron chi connectivity index (χ1n) is 8.48. The topological polar surface area (TPSA) is 12.9 Å². The third-order valence-corrected chi connectivity index (χ3v) is 3.37. The Morgan fingerprint density at radius 2 is 1.50 bits per heavy atom. The lowest BCUT2D eigenvalue weighted by molar-refractivity contribution is 1.27. The van der Waals surface area contributed by atoms with E-state index in [9.17, 15) is 0 Å². The lowest BCUT2D eigenvalue weighted by atomic mass is 10.1. The summed E-state index contributed by atoms with van der Waals surface area (Å²) in [6, 6.07) is 9.59. The average Bonchev–Trinajstić information content (AvgIpc) is 2.59. The van der Waals surface area contributed by atoms with Crippen molar-refractivity contribution >= 4 is 18.7 Å². The minimum Gasteiger partial charge on any atom is -0.256 e. The van der Waals surface area contributed by atoms with Gasteiger partial charge in [0.2, 0.25) is 0 Å². The summed E-state index contributed by atoms with van der Waals surface area (Å²) in [5.74, 6) is 0. The first kappa shape index (κ1) is 20.9. The molecule has 1 nitrogen and oxygen atoms in total. The minimum absolute atomic E-state index is 0.774. The predicted octanol–water partition coefficient (Wildman–Crippen LogP) is 5.23. The summed E-state index contributed by atoms with van der Waals surface area (Å²) in [5, 5.41) is 1.69. The molecule has 0 aromatic carbocycles. The van der Waals surface area contributed by atoms with Gasteiger partial charge in [-0.05, 0) is 47.6 Å². The fourth-order valence-electron chi connectivity index (χ4n) is 2.16. The van der Waals surface area contributed by atoms with Gasteiger partial charge in [0.25, 0.3) is 0 Å². The Morgan fingerprint density at radius 1 is 0.846 bits per heavy atom. The van der Waals surface area contributed by atoms with Crippen LogP contribution in [0.1, 0.15) is 19.5 Å². The van der Waals surface area contributed by atoms with Crippen molar-refractivity contribution in [1.82, 2.24) is 4.98 Å². The smallest absolute Gasteiger partial charge is 0.0768 e. The van der Waals surface area contributed by atoms with Crippen LogP contribution in [0.25, 0.3) is 18.7 Å². The van der Waals surface area contributed by atoms with Crippen molar-refractivity contribution in [3.8, 4) is 0 Å². The van der Waals surface area contributed by atoms with Crippen LogP contribution in [0.4, 0.5) is 0 Å². The quantitative estimate of drug-likeness (QED) is 0.646. The Bertz CT molecular complexity index is 923. The Hall–Kier alpha value is -3.19. The van der Waals surface area contributed by atoms with Crippen molar-refractivity contribution < 1.29 is 0 Å². The molecule has 0 N–H and O–H groups in total. The molecule has 26 heavy (non-hydrogen) atoms. The minimum atomic E-state index is 0.774. The van der Waals surface area contributed by atoms with E-state index < -0.39 is 0 Å². The highest BCUT2D eigenvalue weighted by Crippen LogP contribution is 2.14. The van der Waals surface area contributed by atoms with E-state index in [1.807, 2.05) is 86.7 Å². The summed E-state index contributed by atoms with van der Waals surface area (Å²) in [7, 11) is 0. The maximum Gasteiger partial charge on any atom is 0.0768 e. The number of hydrogen-bond acceptors (Lipinski definition) is 1. The van der Waals surface area contributed by atoms with Crippen LogP contribution in [0.3, 0.4) is 0 Å². The van der Waals surface area contributed by atoms with Crippen LogP contribution < -0.4 is 10.4 Å². The third kappa shape index (κ3) is 7.59. The van der Waals surface area contributed by atoms with E-state index in [1.54, 1.807) is 6.20 Å². The average molecular weight is 341 g/mol. The highest BCUT2D eigenvalue weighted by atomic mass is 14.7. The Kier molecular flexibility index (Phi) is 9.13. The molecule has 1 heterocycles. The number of hydrogen-bond donors (Lipinski definition) is 0. The van der Waals surface area contributed by atoms with Gasteiger partial charge in [0.1, 0.15) is 0 Å². The second-order valence-corrected chi connectivity index (χ2v) is 5.69. The fourth-order valence-corrected chi connectivity index (χ4v) is 2.16. The van der Waals surface area contributed by atoms with Gasteiger partial charge in [-0.1, -0.05) is 87.0 Å². The van der Waals surface area contributed by atoms with E-state index in [1.165, 1.54) is 0 Å². The van der Waals surface area contributed by atoms with Crippen LogP contribution in [0.5, 0.6) is 0 Å². The van der Waals surface area contributed by atoms with Gasteiger partial charge in [-0.3, -0.25) is 4.98 Å². The molecule has 0 radical (unpaired) electrons. The number of allylic oxidation sites excluding steroid dienone is 10. The molecule has 1 heteroatoms. The Morgan fingerprint density at radius 3 is 2.19 bits per heavy atom. The lowest BCUT2D eigenvalue weighted by Gasteiger charge is -2.03. The van der Waals surface area contributed by atoms with Crippen LogP contribution >= 0.6 is 0 Å². The fraction of sp³-hybridized carbons (Fsp3) is 0.0800. The molecule has 132 valence electrons. The van der Waals surface area contributed by atoms with E-state index in [4.69, 9.17) is 0 Å². The molecule has 1 aromatic heterocycles. The van der Waals surface area contributed by atoms with Crippen LogP contribution in [0.15, 0.2) is 103 Å². The van der Waals surface area contributed by atoms with Gasteiger partial charge in [0, 0.05) is 11.8 Å². The molecule has 0 unspecified atom stereocenters. The zero-order valence-electron chi connectivity index (χ0n) is 15.8. The summed E-state index contributed by atoms with van der Waals surface area (Å²) >= 11 is 0. The van der Waals surface area contributed by atoms with Gasteiger partial charge in [-0.25, -0.2) is 0 Å². The second kappa shape index (κ2) is 11.4. The van der Waals surface area contributed by atoms with Gasteiger partial charge in [-0.15, -0.1) is 0 Å². The summed E-state index contributed by atoms with van der Waals surface area (Å²) in [6.07, 6.45) is 15.5. The lowest BCUT2D eigenvalue weighted by Crippen LogP contribution is -2.06. The van der Waals surface area contributed by atoms with Crippen molar-refractivity contribution in [3.63, 3.8) is 0 Å². The van der Waals surface area contributed by atoms with Crippen LogP contribution in [-0.2, 0) is 0 Å². The van der Waals surface area contributed by atoms with Crippen molar-refractivity contribution in [2.75, 3.05) is 0 Å². The molecule has 0 aliphatic rings. The van der Waals surface area contributed by atoms with E-state index in [2.05, 4.69) is 31.3 Å². The molecule has 0 aliphatic heterocycles. The van der Waals surface area contributed by atoms with E-state index in [-0.39, 0.29) is 0 Å². The molecule has 0 spiro atoms. The third-order valence-electron chi connectivity index (χ3n) is 3.37. The monoisotopic (exact) mass is 341 g/mol. The maximum atomic E-state index is 4.61. The molecule has 0 saturated carbocycles. The molecule has 1 aromatic rings. The van der Waals surface area contributed by atoms with Crippen LogP contribution in [0.2, 0.25) is 0 Å². The van der Waals surface area contributed by atoms with Gasteiger partial charge in [0.15, 0.2) is 0 Å². The summed E-state index contributed by atoms with van der Waals surface area (Å²) in [6.45, 7) is 20.1. The molecule has 0 amide bonds. The van der Waals surface area contributed by atoms with Crippen molar-refractivity contribution in [3.05, 3.63) is 119 Å². The van der Waals surface area contributed by atoms with Gasteiger partial charge in [-0.2, -0.15) is 0 Å². The molecular weight excluding hydrogens is 314 g/mol. The molecule has 0 aliphatic carbocycles. The normalized spacial score (nSPS) is 11.8. The van der Waals surface area contributed by atoms with Gasteiger partial charge < -0.3 is 0 Å². The summed E-state index contributed by atoms with van der Waals surface area (Å²) in [4.78, 5) is 4.61. The zero-order chi connectivity index (χ0) is 19.4. The van der Waals surface area contributed by atoms with Crippen molar-refractivity contribution in [1.29, 1.82) is 0 Å². The van der Waals surface area contributed by atoms with Gasteiger partial charge in [0.05, 0.1) is 5.69 Å². The standard InChI is InChI=1S/C25H27N/c1-7-11-20(3)15-16-24(19-22(5)12-8-2)25-23(6)14-10-9-13-21(4)17-18-26-25/h7-19H,3-6H2,1-2H3/b11-7-,12-8-,13-9?,14-10?,16-15-,18-17?,24-19+,26-25?. The Labute approximate surface area is 157 Å². The Balaban J connectivity index is 3.63. The summed E-state index contributed by atoms with van der Waals surface area (Å²) < 4.78 is 0. The van der Waals surface area contributed by atoms with Crippen molar-refractivity contribution in [2.45, 2.75) is 13.8 Å². The molecule has 1 rings (SSSR count). The summed E-state index contributed by atoms with van der Waals surface area (Å²) in [5.41, 5.74) is 3.47. The van der Waals surface area contributed by atoms with E-state index in [0.29, 0.717) is 0 Å². The molecule has 0 saturated heterocycles. The first-order chi connectivity index (χ1) is 12.5. The van der Waals surface area contributed by atoms with E-state index in [0.717, 1.165) is 32.9 Å². The largest absolute Gasteiger partial charge is 0.256 e. The van der Waals surface area contributed by atoms with Crippen LogP contribution in [0, 0.1) is 0 Å². The number of rotatable bonds is 6. The number of nitrogens with zero attached hydrogens (tertiary/aromatic N) is 1. The first-order valence-corrected chi connectivity index (χ1v) is 8.48. The highest BCUT2D eigenvalue weighted by molar-refractivity contribution is 5.75. The zero-order valence-corrected chi connectivity index (χ0v) is 15.8. The van der Waals surface area contributed by atoms with E-state index >= 15 is 0 Å².